The Morgan fingerprint density at radius 3 is 2.43 bits per heavy atom. The lowest BCUT2D eigenvalue weighted by Crippen LogP contribution is -2.49. The topological polar surface area (TPSA) is 58.4 Å². The van der Waals surface area contributed by atoms with Gasteiger partial charge >= 0.3 is 0 Å². The van der Waals surface area contributed by atoms with Gasteiger partial charge in [0.25, 0.3) is 0 Å². The van der Waals surface area contributed by atoms with E-state index in [0.717, 1.165) is 23.5 Å². The Labute approximate surface area is 125 Å². The van der Waals surface area contributed by atoms with Gasteiger partial charge in [0.05, 0.1) is 17.3 Å². The van der Waals surface area contributed by atoms with E-state index in [9.17, 15) is 8.42 Å². The van der Waals surface area contributed by atoms with E-state index >= 15 is 0 Å². The van der Waals surface area contributed by atoms with Crippen molar-refractivity contribution in [3.63, 3.8) is 0 Å². The summed E-state index contributed by atoms with van der Waals surface area (Å²) in [5, 5.41) is 0. The Morgan fingerprint density at radius 2 is 1.81 bits per heavy atom. The van der Waals surface area contributed by atoms with Gasteiger partial charge in [0, 0.05) is 32.7 Å². The van der Waals surface area contributed by atoms with Crippen LogP contribution in [0.15, 0.2) is 24.3 Å². The molecule has 1 aliphatic heterocycles. The molecule has 0 bridgehead atoms. The molecule has 1 aromatic carbocycles. The molecule has 0 amide bonds. The van der Waals surface area contributed by atoms with E-state index < -0.39 is 10.0 Å². The number of benzene rings is 1. The fraction of sp³-hybridized carbons (Fsp3) is 0.500. The molecule has 0 spiro atoms. The maximum absolute atomic E-state index is 11.6. The predicted octanol–water partition coefficient (Wildman–Crippen LogP) is 1.14. The van der Waals surface area contributed by atoms with Gasteiger partial charge in [-0.2, -0.15) is 4.31 Å². The van der Waals surface area contributed by atoms with Gasteiger partial charge in [0.1, 0.15) is 0 Å². The number of rotatable bonds is 3. The van der Waals surface area contributed by atoms with Crippen molar-refractivity contribution in [2.24, 2.45) is 0 Å². The van der Waals surface area contributed by atoms with Crippen molar-refractivity contribution in [3.05, 3.63) is 24.3 Å². The van der Waals surface area contributed by atoms with Crippen LogP contribution >= 0.6 is 0 Å². The van der Waals surface area contributed by atoms with Crippen molar-refractivity contribution in [2.45, 2.75) is 13.5 Å². The minimum atomic E-state index is -3.09. The number of aryl methyl sites for hydroxylation is 1. The Balaban J connectivity index is 1.89. The van der Waals surface area contributed by atoms with E-state index in [1.807, 2.05) is 18.2 Å². The SMILES string of the molecule is CCn1c(N2CCN(S(C)(=O)=O)CC2)nc2ccccc21. The predicted molar refractivity (Wildman–Crippen MR) is 84.0 cm³/mol. The minimum absolute atomic E-state index is 0.520. The Hall–Kier alpha value is -1.60. The van der Waals surface area contributed by atoms with E-state index in [2.05, 4.69) is 22.5 Å². The number of sulfonamides is 1. The first-order valence-electron chi connectivity index (χ1n) is 7.16. The van der Waals surface area contributed by atoms with Crippen LogP contribution in [0, 0.1) is 0 Å². The van der Waals surface area contributed by atoms with Gasteiger partial charge in [-0.05, 0) is 19.1 Å². The first-order valence-corrected chi connectivity index (χ1v) is 9.01. The third-order valence-corrected chi connectivity index (χ3v) is 5.24. The summed E-state index contributed by atoms with van der Waals surface area (Å²) in [5.74, 6) is 0.937. The number of fused-ring (bicyclic) bond motifs is 1. The molecule has 0 radical (unpaired) electrons. The van der Waals surface area contributed by atoms with Gasteiger partial charge in [-0.25, -0.2) is 13.4 Å². The standard InChI is InChI=1S/C14H20N4O2S/c1-3-18-13-7-5-4-6-12(13)15-14(18)16-8-10-17(11-9-16)21(2,19)20/h4-7H,3,8-11H2,1-2H3. The average Bonchev–Trinajstić information content (AvgIpc) is 2.85. The van der Waals surface area contributed by atoms with Gasteiger partial charge in [-0.15, -0.1) is 0 Å². The van der Waals surface area contributed by atoms with Crippen molar-refractivity contribution in [1.29, 1.82) is 0 Å². The van der Waals surface area contributed by atoms with Crippen molar-refractivity contribution >= 4 is 27.0 Å². The molecule has 0 N–H and O–H groups in total. The Morgan fingerprint density at radius 1 is 1.14 bits per heavy atom. The van der Waals surface area contributed by atoms with Gasteiger partial charge < -0.3 is 9.47 Å². The van der Waals surface area contributed by atoms with E-state index in [1.165, 1.54) is 10.6 Å². The number of aromatic nitrogens is 2. The summed E-state index contributed by atoms with van der Waals surface area (Å²) in [4.78, 5) is 6.89. The third-order valence-electron chi connectivity index (χ3n) is 3.94. The first kappa shape index (κ1) is 14.3. The first-order chi connectivity index (χ1) is 10.0. The number of nitrogens with zero attached hydrogens (tertiary/aromatic N) is 4. The highest BCUT2D eigenvalue weighted by Gasteiger charge is 2.26. The summed E-state index contributed by atoms with van der Waals surface area (Å²) >= 11 is 0. The average molecular weight is 308 g/mol. The molecule has 1 saturated heterocycles. The van der Waals surface area contributed by atoms with Crippen molar-refractivity contribution < 1.29 is 8.42 Å². The molecule has 1 aromatic heterocycles. The lowest BCUT2D eigenvalue weighted by molar-refractivity contribution is 0.384. The lowest BCUT2D eigenvalue weighted by atomic mass is 10.3. The molecular weight excluding hydrogens is 288 g/mol. The highest BCUT2D eigenvalue weighted by Crippen LogP contribution is 2.23. The van der Waals surface area contributed by atoms with E-state index in [0.29, 0.717) is 26.2 Å². The summed E-state index contributed by atoms with van der Waals surface area (Å²) in [7, 11) is -3.09. The maximum Gasteiger partial charge on any atom is 0.211 e. The molecule has 0 unspecified atom stereocenters. The molecule has 1 fully saturated rings. The quantitative estimate of drug-likeness (QED) is 0.853. The second-order valence-electron chi connectivity index (χ2n) is 5.29. The van der Waals surface area contributed by atoms with Crippen LogP contribution in [0.2, 0.25) is 0 Å². The molecular formula is C14H20N4O2S. The molecule has 2 heterocycles. The molecule has 114 valence electrons. The normalized spacial score (nSPS) is 17.5. The van der Waals surface area contributed by atoms with E-state index in [-0.39, 0.29) is 0 Å². The second-order valence-corrected chi connectivity index (χ2v) is 7.28. The van der Waals surface area contributed by atoms with Gasteiger partial charge in [-0.3, -0.25) is 0 Å². The second kappa shape index (κ2) is 5.31. The molecule has 0 saturated carbocycles. The summed E-state index contributed by atoms with van der Waals surface area (Å²) < 4.78 is 26.9. The number of para-hydroxylation sites is 2. The van der Waals surface area contributed by atoms with E-state index in [4.69, 9.17) is 4.98 Å². The highest BCUT2D eigenvalue weighted by atomic mass is 32.2. The van der Waals surface area contributed by atoms with Crippen LogP contribution in [0.4, 0.5) is 5.95 Å². The zero-order chi connectivity index (χ0) is 15.0. The lowest BCUT2D eigenvalue weighted by Gasteiger charge is -2.34. The van der Waals surface area contributed by atoms with Crippen LogP contribution in [0.1, 0.15) is 6.92 Å². The largest absolute Gasteiger partial charge is 0.340 e. The smallest absolute Gasteiger partial charge is 0.211 e. The highest BCUT2D eigenvalue weighted by molar-refractivity contribution is 7.88. The van der Waals surface area contributed by atoms with Gasteiger partial charge in [0.15, 0.2) is 0 Å². The van der Waals surface area contributed by atoms with Crippen molar-refractivity contribution in [3.8, 4) is 0 Å². The maximum atomic E-state index is 11.6. The number of hydrogen-bond donors (Lipinski definition) is 0. The molecule has 21 heavy (non-hydrogen) atoms. The molecule has 1 aliphatic rings. The van der Waals surface area contributed by atoms with E-state index in [1.54, 1.807) is 0 Å². The number of hydrogen-bond acceptors (Lipinski definition) is 4. The van der Waals surface area contributed by atoms with Crippen LogP contribution in [0.3, 0.4) is 0 Å². The van der Waals surface area contributed by atoms with Crippen LogP contribution < -0.4 is 4.90 Å². The van der Waals surface area contributed by atoms with Gasteiger partial charge in [-0.1, -0.05) is 12.1 Å². The molecule has 3 rings (SSSR count). The number of piperazine rings is 1. The van der Waals surface area contributed by atoms with Crippen LogP contribution in [-0.2, 0) is 16.6 Å². The molecule has 0 atom stereocenters. The minimum Gasteiger partial charge on any atom is -0.340 e. The zero-order valence-electron chi connectivity index (χ0n) is 12.4. The molecule has 6 nitrogen and oxygen atoms in total. The van der Waals surface area contributed by atoms with Crippen LogP contribution in [-0.4, -0.2) is 54.7 Å². The summed E-state index contributed by atoms with van der Waals surface area (Å²) in [6, 6.07) is 8.09. The summed E-state index contributed by atoms with van der Waals surface area (Å²) in [6.45, 7) is 5.34. The molecule has 0 aliphatic carbocycles. The van der Waals surface area contributed by atoms with Crippen molar-refractivity contribution in [1.82, 2.24) is 13.9 Å². The monoisotopic (exact) mass is 308 g/mol. The van der Waals surface area contributed by atoms with Crippen LogP contribution in [0.25, 0.3) is 11.0 Å². The number of imidazole rings is 1. The summed E-state index contributed by atoms with van der Waals surface area (Å²) in [6.07, 6.45) is 1.27. The third kappa shape index (κ3) is 2.63. The van der Waals surface area contributed by atoms with Crippen LogP contribution in [0.5, 0.6) is 0 Å². The molecule has 2 aromatic rings. The number of anilines is 1. The fourth-order valence-electron chi connectivity index (χ4n) is 2.84. The Kier molecular flexibility index (Phi) is 3.62. The Bertz CT molecular complexity index is 745. The summed E-state index contributed by atoms with van der Waals surface area (Å²) in [5.41, 5.74) is 2.11. The fourth-order valence-corrected chi connectivity index (χ4v) is 3.66. The zero-order valence-corrected chi connectivity index (χ0v) is 13.2. The molecule has 7 heteroatoms. The van der Waals surface area contributed by atoms with Gasteiger partial charge in [0.2, 0.25) is 16.0 Å². The van der Waals surface area contributed by atoms with Crippen molar-refractivity contribution in [2.75, 3.05) is 37.3 Å².